The molecule has 0 aromatic rings. The largest absolute Gasteiger partial charge is 0.472 e. The Morgan fingerprint density at radius 2 is 0.564 bits per heavy atom. The van der Waals surface area contributed by atoms with E-state index >= 15 is 0 Å². The summed E-state index contributed by atoms with van der Waals surface area (Å²) < 4.78 is 68.3. The number of allylic oxidation sites excluding steroid dienone is 12. The number of aliphatic hydroxyl groups is 1. The predicted octanol–water partition coefficient (Wildman–Crippen LogP) is 20.9. The van der Waals surface area contributed by atoms with Crippen LogP contribution in [0.15, 0.2) is 72.9 Å². The van der Waals surface area contributed by atoms with E-state index in [2.05, 4.69) is 88.5 Å². The van der Waals surface area contributed by atoms with Crippen molar-refractivity contribution in [1.82, 2.24) is 0 Å². The van der Waals surface area contributed by atoms with Crippen molar-refractivity contribution >= 4 is 39.5 Å². The molecule has 0 saturated heterocycles. The highest BCUT2D eigenvalue weighted by molar-refractivity contribution is 7.47. The predicted molar refractivity (Wildman–Crippen MR) is 381 cm³/mol. The van der Waals surface area contributed by atoms with Gasteiger partial charge in [-0.25, -0.2) is 9.13 Å². The number of rotatable bonds is 70. The molecule has 0 aliphatic heterocycles. The second-order valence-electron chi connectivity index (χ2n) is 24.9. The molecule has 94 heavy (non-hydrogen) atoms. The molecule has 0 radical (unpaired) electrons. The zero-order valence-electron chi connectivity index (χ0n) is 59.4. The molecular formula is C75H134O17P2. The number of ether oxygens (including phenoxy) is 4. The number of carbonyl (C=O) groups is 4. The maximum Gasteiger partial charge on any atom is 0.472 e. The third kappa shape index (κ3) is 67.1. The molecule has 0 aromatic carbocycles. The molecular weight excluding hydrogens is 1230 g/mol. The van der Waals surface area contributed by atoms with Gasteiger partial charge in [0.1, 0.15) is 19.3 Å². The Balaban J connectivity index is 5.34. The zero-order chi connectivity index (χ0) is 69.0. The van der Waals surface area contributed by atoms with E-state index in [1.54, 1.807) is 0 Å². The molecule has 5 atom stereocenters. The van der Waals surface area contributed by atoms with Crippen LogP contribution >= 0.6 is 15.6 Å². The van der Waals surface area contributed by atoms with E-state index in [9.17, 15) is 43.2 Å². The Kier molecular flexibility index (Phi) is 65.5. The van der Waals surface area contributed by atoms with Gasteiger partial charge in [-0.05, 0) is 89.9 Å². The first-order valence-electron chi connectivity index (χ1n) is 37.2. The quantitative estimate of drug-likeness (QED) is 0.0169. The Labute approximate surface area is 571 Å². The van der Waals surface area contributed by atoms with Gasteiger partial charge in [-0.15, -0.1) is 0 Å². The lowest BCUT2D eigenvalue weighted by atomic mass is 10.0. The van der Waals surface area contributed by atoms with Gasteiger partial charge in [0.25, 0.3) is 0 Å². The maximum atomic E-state index is 13.0. The molecule has 0 aliphatic rings. The van der Waals surface area contributed by atoms with Crippen molar-refractivity contribution in [1.29, 1.82) is 0 Å². The second-order valence-corrected chi connectivity index (χ2v) is 27.8. The lowest BCUT2D eigenvalue weighted by Gasteiger charge is -2.21. The first-order chi connectivity index (χ1) is 45.7. The van der Waals surface area contributed by atoms with Crippen molar-refractivity contribution in [3.05, 3.63) is 72.9 Å². The molecule has 0 bridgehead atoms. The van der Waals surface area contributed by atoms with E-state index < -0.39 is 97.5 Å². The molecule has 0 spiro atoms. The SMILES string of the molecule is CC/C=C\C/C=C\C/C=C\C/C=C\C/C=C\CCCC(=O)OCC(COP(=O)(O)OCC(O)COP(=O)(O)OCC(COC(=O)CCCCCCC/C=C\CCCCCC)OC(=O)CCCCCCCCCCCCCCC)OC(=O)CCCCCCCCCCCCC. The van der Waals surface area contributed by atoms with E-state index in [-0.39, 0.29) is 25.7 Å². The van der Waals surface area contributed by atoms with Crippen LogP contribution in [0, 0.1) is 0 Å². The summed E-state index contributed by atoms with van der Waals surface area (Å²) in [6.07, 6.45) is 66.2. The van der Waals surface area contributed by atoms with Crippen LogP contribution in [0.2, 0.25) is 0 Å². The minimum atomic E-state index is -4.97. The van der Waals surface area contributed by atoms with Crippen LogP contribution in [0.5, 0.6) is 0 Å². The number of hydrogen-bond acceptors (Lipinski definition) is 15. The molecule has 0 aromatic heterocycles. The van der Waals surface area contributed by atoms with Gasteiger partial charge in [0.15, 0.2) is 12.2 Å². The van der Waals surface area contributed by atoms with Crippen LogP contribution in [0.1, 0.15) is 323 Å². The summed E-state index contributed by atoms with van der Waals surface area (Å²) in [5, 5.41) is 10.6. The Morgan fingerprint density at radius 1 is 0.309 bits per heavy atom. The maximum absolute atomic E-state index is 13.0. The molecule has 0 saturated carbocycles. The van der Waals surface area contributed by atoms with Crippen molar-refractivity contribution < 1.29 is 80.2 Å². The molecule has 0 heterocycles. The standard InChI is InChI=1S/C75H134O17P2/c1-5-9-13-17-21-25-29-32-33-34-35-38-41-44-48-52-56-60-73(78)86-65-70(91-74(79)61-57-53-49-45-39-28-24-20-16-12-8-4)67-89-93(81,82)87-63-69(76)64-88-94(83,84)90-68-71(92-75(80)62-58-54-50-46-42-37-31-27-23-19-15-11-7-3)66-85-72(77)59-55-51-47-43-40-36-30-26-22-18-14-10-6-2/h9,13,21,25-26,30,32-33,35,38,44,48,69-71,76H,5-8,10-12,14-20,22-24,27-29,31,34,36-37,39-43,45-47,49-68H2,1-4H3,(H,81,82)(H,83,84)/b13-9-,25-21-,30-26-,33-32-,38-35-,48-44-. The van der Waals surface area contributed by atoms with Gasteiger partial charge in [-0.1, -0.05) is 280 Å². The number of esters is 4. The Bertz CT molecular complexity index is 2070. The molecule has 17 nitrogen and oxygen atoms in total. The first-order valence-corrected chi connectivity index (χ1v) is 40.2. The lowest BCUT2D eigenvalue weighted by Crippen LogP contribution is -2.30. The zero-order valence-corrected chi connectivity index (χ0v) is 61.2. The first kappa shape index (κ1) is 90.5. The summed E-state index contributed by atoms with van der Waals surface area (Å²) in [6, 6.07) is 0. The fraction of sp³-hybridized carbons (Fsp3) is 0.787. The van der Waals surface area contributed by atoms with Crippen LogP contribution in [0.3, 0.4) is 0 Å². The van der Waals surface area contributed by atoms with Crippen molar-refractivity contribution in [3.8, 4) is 0 Å². The highest BCUT2D eigenvalue weighted by Crippen LogP contribution is 2.45. The fourth-order valence-corrected chi connectivity index (χ4v) is 11.6. The van der Waals surface area contributed by atoms with E-state index in [0.717, 1.165) is 122 Å². The van der Waals surface area contributed by atoms with E-state index in [0.29, 0.717) is 32.1 Å². The summed E-state index contributed by atoms with van der Waals surface area (Å²) >= 11 is 0. The molecule has 19 heteroatoms. The fourth-order valence-electron chi connectivity index (χ4n) is 10.0. The van der Waals surface area contributed by atoms with Crippen LogP contribution in [-0.4, -0.2) is 96.7 Å². The topological polar surface area (TPSA) is 237 Å². The number of hydrogen-bond donors (Lipinski definition) is 3. The van der Waals surface area contributed by atoms with Gasteiger partial charge >= 0.3 is 39.5 Å². The minimum Gasteiger partial charge on any atom is -0.462 e. The number of phosphoric acid groups is 2. The van der Waals surface area contributed by atoms with Crippen LogP contribution in [-0.2, 0) is 65.4 Å². The van der Waals surface area contributed by atoms with Gasteiger partial charge in [0.2, 0.25) is 0 Å². The lowest BCUT2D eigenvalue weighted by molar-refractivity contribution is -0.161. The number of carbonyl (C=O) groups excluding carboxylic acids is 4. The highest BCUT2D eigenvalue weighted by atomic mass is 31.2. The van der Waals surface area contributed by atoms with Gasteiger partial charge in [-0.3, -0.25) is 37.3 Å². The highest BCUT2D eigenvalue weighted by Gasteiger charge is 2.30. The van der Waals surface area contributed by atoms with Crippen LogP contribution in [0.4, 0.5) is 0 Å². The summed E-state index contributed by atoms with van der Waals surface area (Å²) in [5.74, 6) is -2.23. The molecule has 546 valence electrons. The molecule has 5 unspecified atom stereocenters. The number of unbranched alkanes of at least 4 members (excludes halogenated alkanes) is 32. The summed E-state index contributed by atoms with van der Waals surface area (Å²) in [6.45, 7) is 4.69. The molecule has 0 rings (SSSR count). The van der Waals surface area contributed by atoms with Gasteiger partial charge < -0.3 is 33.8 Å². The Hall–Kier alpha value is -3.50. The molecule has 0 aliphatic carbocycles. The average molecular weight is 1370 g/mol. The van der Waals surface area contributed by atoms with Crippen LogP contribution < -0.4 is 0 Å². The van der Waals surface area contributed by atoms with E-state index in [4.69, 9.17) is 37.0 Å². The van der Waals surface area contributed by atoms with Crippen molar-refractivity contribution in [2.45, 2.75) is 341 Å². The third-order valence-electron chi connectivity index (χ3n) is 15.7. The Morgan fingerprint density at radius 3 is 0.915 bits per heavy atom. The van der Waals surface area contributed by atoms with Crippen LogP contribution in [0.25, 0.3) is 0 Å². The third-order valence-corrected chi connectivity index (χ3v) is 17.6. The summed E-state index contributed by atoms with van der Waals surface area (Å²) in [7, 11) is -9.94. The van der Waals surface area contributed by atoms with Gasteiger partial charge in [0, 0.05) is 25.7 Å². The number of aliphatic hydroxyl groups excluding tert-OH is 1. The summed E-state index contributed by atoms with van der Waals surface area (Å²) in [5.41, 5.74) is 0. The van der Waals surface area contributed by atoms with Crippen molar-refractivity contribution in [2.75, 3.05) is 39.6 Å². The summed E-state index contributed by atoms with van der Waals surface area (Å²) in [4.78, 5) is 72.6. The molecule has 3 N–H and O–H groups in total. The van der Waals surface area contributed by atoms with Gasteiger partial charge in [0.05, 0.1) is 26.4 Å². The van der Waals surface area contributed by atoms with Crippen molar-refractivity contribution in [3.63, 3.8) is 0 Å². The minimum absolute atomic E-state index is 0.0866. The van der Waals surface area contributed by atoms with E-state index in [1.165, 1.54) is 116 Å². The van der Waals surface area contributed by atoms with Crippen molar-refractivity contribution in [2.24, 2.45) is 0 Å². The smallest absolute Gasteiger partial charge is 0.462 e. The average Bonchev–Trinajstić information content (AvgIpc) is 1.32. The number of phosphoric ester groups is 2. The molecule has 0 amide bonds. The van der Waals surface area contributed by atoms with E-state index in [1.807, 2.05) is 12.2 Å². The monoisotopic (exact) mass is 1370 g/mol. The second kappa shape index (κ2) is 68.0. The van der Waals surface area contributed by atoms with Gasteiger partial charge in [-0.2, -0.15) is 0 Å². The molecule has 0 fully saturated rings. The normalized spacial score (nSPS) is 14.4.